The van der Waals surface area contributed by atoms with E-state index in [-0.39, 0.29) is 17.7 Å². The Labute approximate surface area is 142 Å². The summed E-state index contributed by atoms with van der Waals surface area (Å²) in [5, 5.41) is 2.27. The normalized spacial score (nSPS) is 12.9. The summed E-state index contributed by atoms with van der Waals surface area (Å²) in [5.41, 5.74) is -1.81. The summed E-state index contributed by atoms with van der Waals surface area (Å²) in [6.07, 6.45) is -4.74. The molecule has 1 aromatic heterocycles. The summed E-state index contributed by atoms with van der Waals surface area (Å²) >= 11 is 0.683. The highest BCUT2D eigenvalue weighted by atomic mass is 32.2. The second-order valence-electron chi connectivity index (χ2n) is 4.84. The predicted molar refractivity (Wildman–Crippen MR) is 81.8 cm³/mol. The zero-order valence-corrected chi connectivity index (χ0v) is 13.2. The third-order valence-corrected chi connectivity index (χ3v) is 3.88. The fourth-order valence-electron chi connectivity index (χ4n) is 1.95. The minimum absolute atomic E-state index is 0.0944. The van der Waals surface area contributed by atoms with Crippen molar-refractivity contribution in [2.24, 2.45) is 0 Å². The van der Waals surface area contributed by atoms with Gasteiger partial charge in [0.25, 0.3) is 5.56 Å². The van der Waals surface area contributed by atoms with Crippen LogP contribution < -0.4 is 20.3 Å². The summed E-state index contributed by atoms with van der Waals surface area (Å²) in [5.74, 6) is 0.315. The van der Waals surface area contributed by atoms with E-state index in [9.17, 15) is 22.8 Å². The highest BCUT2D eigenvalue weighted by Gasteiger charge is 2.33. The van der Waals surface area contributed by atoms with Crippen molar-refractivity contribution in [3.63, 3.8) is 0 Å². The van der Waals surface area contributed by atoms with Crippen LogP contribution >= 0.6 is 11.8 Å². The van der Waals surface area contributed by atoms with Gasteiger partial charge in [-0.2, -0.15) is 13.2 Å². The molecule has 0 spiro atoms. The first-order valence-electron chi connectivity index (χ1n) is 6.82. The lowest BCUT2D eigenvalue weighted by Gasteiger charge is -2.08. The number of benzene rings is 1. The van der Waals surface area contributed by atoms with Gasteiger partial charge in [-0.25, -0.2) is 4.98 Å². The molecule has 132 valence electrons. The average molecular weight is 373 g/mol. The van der Waals surface area contributed by atoms with Crippen LogP contribution in [0.15, 0.2) is 34.2 Å². The Kier molecular flexibility index (Phi) is 4.57. The fourth-order valence-corrected chi connectivity index (χ4v) is 2.63. The number of carbonyl (C=O) groups excluding carboxylic acids is 1. The summed E-state index contributed by atoms with van der Waals surface area (Å²) < 4.78 is 48.2. The van der Waals surface area contributed by atoms with E-state index in [0.717, 1.165) is 0 Å². The maximum absolute atomic E-state index is 12.6. The van der Waals surface area contributed by atoms with Crippen molar-refractivity contribution in [2.45, 2.75) is 11.3 Å². The molecule has 0 saturated heterocycles. The third kappa shape index (κ3) is 4.24. The van der Waals surface area contributed by atoms with Crippen LogP contribution in [0.2, 0.25) is 0 Å². The number of amides is 1. The number of ether oxygens (including phenoxy) is 2. The van der Waals surface area contributed by atoms with Crippen molar-refractivity contribution in [3.05, 3.63) is 40.3 Å². The van der Waals surface area contributed by atoms with E-state index in [1.54, 1.807) is 18.2 Å². The number of alkyl halides is 3. The van der Waals surface area contributed by atoms with Crippen LogP contribution in [0.5, 0.6) is 11.5 Å². The van der Waals surface area contributed by atoms with Crippen molar-refractivity contribution in [1.82, 2.24) is 9.97 Å². The summed E-state index contributed by atoms with van der Waals surface area (Å²) in [6.45, 7) is 0.0944. The fraction of sp³-hybridized carbons (Fsp3) is 0.214. The first-order valence-corrected chi connectivity index (χ1v) is 7.81. The number of nitrogens with zero attached hydrogens (tertiary/aromatic N) is 1. The molecule has 2 N–H and O–H groups in total. The monoisotopic (exact) mass is 373 g/mol. The molecule has 3 rings (SSSR count). The SMILES string of the molecule is O=C(CSc1nc(C(F)(F)F)cc(=O)[nH]1)Nc1ccc2c(c1)OCO2. The Morgan fingerprint density at radius 3 is 2.80 bits per heavy atom. The zero-order chi connectivity index (χ0) is 18.0. The number of thioether (sulfide) groups is 1. The molecule has 1 aliphatic heterocycles. The predicted octanol–water partition coefficient (Wildman–Crippen LogP) is 2.25. The first-order chi connectivity index (χ1) is 11.8. The number of nitrogens with one attached hydrogen (secondary N) is 2. The first kappa shape index (κ1) is 17.1. The van der Waals surface area contributed by atoms with Crippen molar-refractivity contribution in [3.8, 4) is 11.5 Å². The second kappa shape index (κ2) is 6.67. The number of hydrogen-bond donors (Lipinski definition) is 2. The molecule has 0 atom stereocenters. The van der Waals surface area contributed by atoms with Crippen molar-refractivity contribution >= 4 is 23.4 Å². The van der Waals surface area contributed by atoms with Crippen LogP contribution in [0.25, 0.3) is 0 Å². The van der Waals surface area contributed by atoms with Crippen LogP contribution in [0.1, 0.15) is 5.69 Å². The van der Waals surface area contributed by atoms with Crippen LogP contribution in [-0.2, 0) is 11.0 Å². The highest BCUT2D eigenvalue weighted by molar-refractivity contribution is 7.99. The lowest BCUT2D eigenvalue weighted by Crippen LogP contribution is -2.18. The molecule has 2 heterocycles. The van der Waals surface area contributed by atoms with Gasteiger partial charge in [0.05, 0.1) is 5.75 Å². The number of rotatable bonds is 4. The lowest BCUT2D eigenvalue weighted by atomic mass is 10.3. The molecule has 11 heteroatoms. The zero-order valence-electron chi connectivity index (χ0n) is 12.3. The Hall–Kier alpha value is -2.69. The molecule has 1 aromatic carbocycles. The van der Waals surface area contributed by atoms with Crippen molar-refractivity contribution < 1.29 is 27.4 Å². The molecule has 2 aromatic rings. The van der Waals surface area contributed by atoms with E-state index in [0.29, 0.717) is 35.0 Å². The molecule has 0 bridgehead atoms. The maximum atomic E-state index is 12.6. The minimum atomic E-state index is -4.74. The number of aromatic amines is 1. The van der Waals surface area contributed by atoms with Gasteiger partial charge in [0.1, 0.15) is 0 Å². The smallest absolute Gasteiger partial charge is 0.433 e. The topological polar surface area (TPSA) is 93.3 Å². The average Bonchev–Trinajstić information content (AvgIpc) is 2.99. The van der Waals surface area contributed by atoms with E-state index >= 15 is 0 Å². The maximum Gasteiger partial charge on any atom is 0.433 e. The molecule has 1 amide bonds. The van der Waals surface area contributed by atoms with Gasteiger partial charge in [0.2, 0.25) is 12.7 Å². The van der Waals surface area contributed by atoms with Crippen LogP contribution in [-0.4, -0.2) is 28.4 Å². The van der Waals surface area contributed by atoms with Gasteiger partial charge in [0.15, 0.2) is 22.3 Å². The molecule has 0 saturated carbocycles. The quantitative estimate of drug-likeness (QED) is 0.631. The Morgan fingerprint density at radius 1 is 1.28 bits per heavy atom. The van der Waals surface area contributed by atoms with Gasteiger partial charge in [-0.05, 0) is 12.1 Å². The van der Waals surface area contributed by atoms with Gasteiger partial charge in [-0.3, -0.25) is 9.59 Å². The van der Waals surface area contributed by atoms with Gasteiger partial charge in [-0.15, -0.1) is 0 Å². The standard InChI is InChI=1S/C14H10F3N3O4S/c15-14(16,17)10-4-11(21)20-13(19-10)25-5-12(22)18-7-1-2-8-9(3-7)24-6-23-8/h1-4H,5-6H2,(H,18,22)(H,19,20,21). The molecule has 7 nitrogen and oxygen atoms in total. The van der Waals surface area contributed by atoms with E-state index in [4.69, 9.17) is 9.47 Å². The van der Waals surface area contributed by atoms with E-state index < -0.39 is 23.3 Å². The number of hydrogen-bond acceptors (Lipinski definition) is 6. The Morgan fingerprint density at radius 2 is 2.04 bits per heavy atom. The molecule has 0 fully saturated rings. The number of carbonyl (C=O) groups is 1. The minimum Gasteiger partial charge on any atom is -0.454 e. The van der Waals surface area contributed by atoms with Gasteiger partial charge in [0, 0.05) is 17.8 Å². The van der Waals surface area contributed by atoms with Gasteiger partial charge < -0.3 is 19.8 Å². The Bertz CT molecular complexity index is 869. The highest BCUT2D eigenvalue weighted by Crippen LogP contribution is 2.34. The molecule has 0 unspecified atom stereocenters. The van der Waals surface area contributed by atoms with Crippen molar-refractivity contribution in [2.75, 3.05) is 17.9 Å². The Balaban J connectivity index is 1.63. The number of anilines is 1. The second-order valence-corrected chi connectivity index (χ2v) is 5.80. The molecule has 0 radical (unpaired) electrons. The van der Waals surface area contributed by atoms with Crippen molar-refractivity contribution in [1.29, 1.82) is 0 Å². The molecule has 25 heavy (non-hydrogen) atoms. The lowest BCUT2D eigenvalue weighted by molar-refractivity contribution is -0.141. The van der Waals surface area contributed by atoms with E-state index in [1.165, 1.54) is 0 Å². The van der Waals surface area contributed by atoms with Crippen LogP contribution in [0, 0.1) is 0 Å². The molecular weight excluding hydrogens is 363 g/mol. The molecule has 0 aliphatic carbocycles. The summed E-state index contributed by atoms with van der Waals surface area (Å²) in [6, 6.07) is 5.14. The number of fused-ring (bicyclic) bond motifs is 1. The molecule has 1 aliphatic rings. The molecular formula is C14H10F3N3O4S. The summed E-state index contributed by atoms with van der Waals surface area (Å²) in [4.78, 5) is 28.6. The number of H-pyrrole nitrogens is 1. The van der Waals surface area contributed by atoms with Gasteiger partial charge in [-0.1, -0.05) is 11.8 Å². The summed E-state index contributed by atoms with van der Waals surface area (Å²) in [7, 11) is 0. The van der Waals surface area contributed by atoms with Crippen LogP contribution in [0.4, 0.5) is 18.9 Å². The van der Waals surface area contributed by atoms with E-state index in [1.807, 2.05) is 0 Å². The van der Waals surface area contributed by atoms with Crippen LogP contribution in [0.3, 0.4) is 0 Å². The largest absolute Gasteiger partial charge is 0.454 e. The van der Waals surface area contributed by atoms with E-state index in [2.05, 4.69) is 15.3 Å². The number of aromatic nitrogens is 2. The van der Waals surface area contributed by atoms with Gasteiger partial charge >= 0.3 is 6.18 Å². The number of halogens is 3. The third-order valence-electron chi connectivity index (χ3n) is 3.01.